The average molecular weight is 650 g/mol. The molecule has 2 aromatic heterocycles. The van der Waals surface area contributed by atoms with Gasteiger partial charge in [-0.2, -0.15) is 0 Å². The van der Waals surface area contributed by atoms with E-state index in [1.54, 1.807) is 6.08 Å². The van der Waals surface area contributed by atoms with E-state index in [9.17, 15) is 33.9 Å². The number of benzene rings is 2. The Bertz CT molecular complexity index is 2370. The van der Waals surface area contributed by atoms with E-state index in [0.29, 0.717) is 28.0 Å². The number of carboxylic acid groups (broad SMARTS) is 2. The molecule has 16 heteroatoms. The van der Waals surface area contributed by atoms with Crippen molar-refractivity contribution in [1.82, 2.24) is 14.0 Å². The maximum atomic E-state index is 13.5. The van der Waals surface area contributed by atoms with Crippen LogP contribution in [-0.4, -0.2) is 68.0 Å². The Morgan fingerprint density at radius 3 is 2.31 bits per heavy atom. The number of anilines is 2. The number of aliphatic carboxylic acids is 2. The molecular formula is C29H23N5O9S2. The average Bonchev–Trinajstić information content (AvgIpc) is 3.64. The summed E-state index contributed by atoms with van der Waals surface area (Å²) < 4.78 is 7.37. The van der Waals surface area contributed by atoms with Gasteiger partial charge in [-0.15, -0.1) is 11.3 Å². The maximum absolute atomic E-state index is 13.5. The van der Waals surface area contributed by atoms with E-state index in [-0.39, 0.29) is 25.1 Å². The van der Waals surface area contributed by atoms with Crippen LogP contribution in [0.1, 0.15) is 0 Å². The molecule has 2 aliphatic heterocycles. The predicted molar refractivity (Wildman–Crippen MR) is 166 cm³/mol. The number of thiazole rings is 1. The molecule has 0 unspecified atom stereocenters. The number of carbonyl (C=O) groups excluding carboxylic acids is 2. The van der Waals surface area contributed by atoms with Crippen molar-refractivity contribution in [3.63, 3.8) is 0 Å². The number of hydrogen-bond donors (Lipinski definition) is 2. The molecule has 6 rings (SSSR count). The molecule has 45 heavy (non-hydrogen) atoms. The number of aromatic nitrogens is 2. The van der Waals surface area contributed by atoms with Gasteiger partial charge in [0.05, 0.1) is 11.4 Å². The molecule has 1 fully saturated rings. The van der Waals surface area contributed by atoms with Gasteiger partial charge >= 0.3 is 11.9 Å². The molecule has 4 heterocycles. The van der Waals surface area contributed by atoms with E-state index in [1.165, 1.54) is 13.1 Å². The minimum Gasteiger partial charge on any atom is -0.480 e. The van der Waals surface area contributed by atoms with Crippen LogP contribution in [0.5, 0.6) is 0 Å². The Hall–Kier alpha value is -5.35. The third kappa shape index (κ3) is 4.83. The van der Waals surface area contributed by atoms with Gasteiger partial charge in [0, 0.05) is 26.5 Å². The lowest BCUT2D eigenvalue weighted by atomic mass is 10.1. The summed E-state index contributed by atoms with van der Waals surface area (Å²) in [5.41, 5.74) is 0.223. The highest BCUT2D eigenvalue weighted by Gasteiger charge is 2.38. The van der Waals surface area contributed by atoms with Gasteiger partial charge in [-0.25, -0.2) is 0 Å². The van der Waals surface area contributed by atoms with Gasteiger partial charge in [0.15, 0.2) is 9.95 Å². The molecule has 1 saturated heterocycles. The number of allylic oxidation sites excluding steroid dienone is 1. The number of imide groups is 1. The SMILES string of the molecule is CN1/C(=C/C=c2o/c(=c3/s/c(=C4/SC(=O)N(CC(=O)O)C4=O)n(CC(=O)O)c3=O)n(C)c2=O)N(C)c2c1ccc1ccccc21. The third-order valence-corrected chi connectivity index (χ3v) is 9.65. The summed E-state index contributed by atoms with van der Waals surface area (Å²) in [6.45, 7) is -1.76. The Morgan fingerprint density at radius 1 is 0.889 bits per heavy atom. The summed E-state index contributed by atoms with van der Waals surface area (Å²) in [4.78, 5) is 78.9. The normalized spacial score (nSPS) is 18.2. The van der Waals surface area contributed by atoms with Crippen LogP contribution in [0.15, 0.2) is 62.3 Å². The molecular weight excluding hydrogens is 626 g/mol. The first-order valence-corrected chi connectivity index (χ1v) is 14.8. The Morgan fingerprint density at radius 2 is 1.60 bits per heavy atom. The van der Waals surface area contributed by atoms with Gasteiger partial charge in [-0.3, -0.25) is 42.8 Å². The number of amides is 2. The molecule has 2 N–H and O–H groups in total. The summed E-state index contributed by atoms with van der Waals surface area (Å²) >= 11 is 1.05. The highest BCUT2D eigenvalue weighted by molar-refractivity contribution is 8.23. The molecule has 0 spiro atoms. The predicted octanol–water partition coefficient (Wildman–Crippen LogP) is 0.823. The molecule has 0 aliphatic carbocycles. The van der Waals surface area contributed by atoms with E-state index < -0.39 is 47.3 Å². The molecule has 0 saturated carbocycles. The van der Waals surface area contributed by atoms with Gasteiger partial charge < -0.3 is 24.4 Å². The van der Waals surface area contributed by atoms with E-state index in [1.807, 2.05) is 60.3 Å². The minimum absolute atomic E-state index is 0.108. The number of nitrogens with zero attached hydrogens (tertiary/aromatic N) is 5. The van der Waals surface area contributed by atoms with Crippen LogP contribution in [0.2, 0.25) is 0 Å². The lowest BCUT2D eigenvalue weighted by molar-refractivity contribution is -0.140. The highest BCUT2D eigenvalue weighted by atomic mass is 32.2. The summed E-state index contributed by atoms with van der Waals surface area (Å²) in [7, 11) is 5.17. The van der Waals surface area contributed by atoms with E-state index in [0.717, 1.165) is 37.1 Å². The number of rotatable bonds is 5. The smallest absolute Gasteiger partial charge is 0.323 e. The maximum Gasteiger partial charge on any atom is 0.323 e. The van der Waals surface area contributed by atoms with Gasteiger partial charge in [0.2, 0.25) is 5.55 Å². The summed E-state index contributed by atoms with van der Waals surface area (Å²) in [6.07, 6.45) is 3.17. The molecule has 2 aromatic carbocycles. The number of oxazole rings is 1. The van der Waals surface area contributed by atoms with Crippen molar-refractivity contribution in [2.24, 2.45) is 7.05 Å². The van der Waals surface area contributed by atoms with Crippen LogP contribution in [0.3, 0.4) is 0 Å². The fourth-order valence-corrected chi connectivity index (χ4v) is 7.44. The molecule has 0 atom stereocenters. The molecule has 2 aliphatic rings. The van der Waals surface area contributed by atoms with Crippen LogP contribution in [0.25, 0.3) is 21.8 Å². The lowest BCUT2D eigenvalue weighted by Gasteiger charge is -2.17. The zero-order valence-corrected chi connectivity index (χ0v) is 25.5. The topological polar surface area (TPSA) is 176 Å². The van der Waals surface area contributed by atoms with Crippen molar-refractivity contribution in [1.29, 1.82) is 0 Å². The van der Waals surface area contributed by atoms with Crippen LogP contribution in [0.4, 0.5) is 16.2 Å². The summed E-state index contributed by atoms with van der Waals surface area (Å²) in [6, 6.07) is 12.0. The van der Waals surface area contributed by atoms with Crippen molar-refractivity contribution in [2.45, 2.75) is 6.54 Å². The van der Waals surface area contributed by atoms with Crippen LogP contribution in [0, 0.1) is 10.1 Å². The van der Waals surface area contributed by atoms with Crippen LogP contribution in [-0.2, 0) is 28.0 Å². The fourth-order valence-electron chi connectivity index (χ4n) is 5.27. The zero-order chi connectivity index (χ0) is 32.3. The lowest BCUT2D eigenvalue weighted by Crippen LogP contribution is -2.35. The highest BCUT2D eigenvalue weighted by Crippen LogP contribution is 2.44. The zero-order valence-electron chi connectivity index (χ0n) is 23.8. The molecule has 0 radical (unpaired) electrons. The first kappa shape index (κ1) is 29.7. The molecule has 4 aromatic rings. The van der Waals surface area contributed by atoms with E-state index in [4.69, 9.17) is 9.52 Å². The Labute approximate surface area is 259 Å². The second-order valence-corrected chi connectivity index (χ2v) is 12.1. The van der Waals surface area contributed by atoms with Crippen molar-refractivity contribution in [3.8, 4) is 0 Å². The van der Waals surface area contributed by atoms with Crippen LogP contribution < -0.4 is 31.0 Å². The summed E-state index contributed by atoms with van der Waals surface area (Å²) in [5, 5.41) is 19.8. The second-order valence-electron chi connectivity index (χ2n) is 10.1. The number of carboxylic acids is 2. The van der Waals surface area contributed by atoms with E-state index >= 15 is 0 Å². The van der Waals surface area contributed by atoms with Crippen molar-refractivity contribution in [3.05, 3.63) is 89.2 Å². The largest absolute Gasteiger partial charge is 0.480 e. The van der Waals surface area contributed by atoms with Crippen molar-refractivity contribution >= 4 is 79.3 Å². The molecule has 0 bridgehead atoms. The first-order valence-electron chi connectivity index (χ1n) is 13.2. The number of hydrogen-bond acceptors (Lipinski definition) is 11. The van der Waals surface area contributed by atoms with Gasteiger partial charge in [0.25, 0.3) is 22.3 Å². The second kappa shape index (κ2) is 11.0. The standard InChI is InChI=1S/C29H23N5O9S2/c1-30-16-9-8-14-6-4-5-7-15(14)21(16)31(2)18(30)11-10-17-24(39)32(3)27(43-17)22-25(40)33(12-19(35)36)28(44-22)23-26(41)34(13-20(37)38)29(42)45-23/h4-11H,12-13H2,1-3H3,(H,35,36)(H,37,38)/b17-10?,18-11-,27-22+,28-23+. The minimum atomic E-state index is -1.43. The molecule has 14 nitrogen and oxygen atoms in total. The fraction of sp³-hybridized carbons (Fsp3) is 0.172. The third-order valence-electron chi connectivity index (χ3n) is 7.38. The van der Waals surface area contributed by atoms with E-state index in [2.05, 4.69) is 0 Å². The number of fused-ring (bicyclic) bond motifs is 3. The van der Waals surface area contributed by atoms with Crippen LogP contribution >= 0.6 is 23.1 Å². The van der Waals surface area contributed by atoms with Crippen molar-refractivity contribution < 1.29 is 33.8 Å². The van der Waals surface area contributed by atoms with Gasteiger partial charge in [-0.1, -0.05) is 30.3 Å². The van der Waals surface area contributed by atoms with Gasteiger partial charge in [-0.05, 0) is 35.4 Å². The first-order chi connectivity index (χ1) is 21.4. The monoisotopic (exact) mass is 649 g/mol. The number of carbonyl (C=O) groups is 4. The molecule has 2 amide bonds. The summed E-state index contributed by atoms with van der Waals surface area (Å²) in [5.74, 6) is -3.07. The quantitative estimate of drug-likeness (QED) is 0.312. The Kier molecular flexibility index (Phi) is 7.25. The number of thioether (sulfide) groups is 1. The van der Waals surface area contributed by atoms with Crippen molar-refractivity contribution in [2.75, 3.05) is 30.4 Å². The van der Waals surface area contributed by atoms with Gasteiger partial charge in [0.1, 0.15) is 28.5 Å². The Balaban J connectivity index is 1.53. The molecule has 230 valence electrons.